The summed E-state index contributed by atoms with van der Waals surface area (Å²) in [5.41, 5.74) is 1.54. The van der Waals surface area contributed by atoms with Gasteiger partial charge in [-0.2, -0.15) is 5.10 Å². The van der Waals surface area contributed by atoms with Crippen LogP contribution in [0.15, 0.2) is 59.5 Å². The topological polar surface area (TPSA) is 102 Å². The SMILES string of the molecule is CCOc1ccc(NS(=O)(=O)c2ccc(C(=O)Nc3cc(C)nn3C)cc2)cc1. The van der Waals surface area contributed by atoms with Crippen molar-refractivity contribution in [2.24, 2.45) is 7.05 Å². The van der Waals surface area contributed by atoms with Crippen molar-refractivity contribution in [2.45, 2.75) is 18.7 Å². The maximum absolute atomic E-state index is 12.6. The number of aryl methyl sites for hydroxylation is 2. The summed E-state index contributed by atoms with van der Waals surface area (Å²) in [6, 6.07) is 14.1. The quantitative estimate of drug-likeness (QED) is 0.618. The third-order valence-electron chi connectivity index (χ3n) is 4.09. The van der Waals surface area contributed by atoms with E-state index in [-0.39, 0.29) is 10.8 Å². The van der Waals surface area contributed by atoms with Crippen LogP contribution >= 0.6 is 0 Å². The van der Waals surface area contributed by atoms with Crippen LogP contribution in [0.3, 0.4) is 0 Å². The minimum atomic E-state index is -3.78. The van der Waals surface area contributed by atoms with E-state index in [1.807, 2.05) is 13.8 Å². The zero-order chi connectivity index (χ0) is 21.0. The summed E-state index contributed by atoms with van der Waals surface area (Å²) in [7, 11) is -2.05. The largest absolute Gasteiger partial charge is 0.494 e. The summed E-state index contributed by atoms with van der Waals surface area (Å²) < 4.78 is 34.6. The first kappa shape index (κ1) is 20.4. The number of ether oxygens (including phenoxy) is 1. The average molecular weight is 414 g/mol. The fourth-order valence-electron chi connectivity index (χ4n) is 2.70. The third-order valence-corrected chi connectivity index (χ3v) is 5.49. The van der Waals surface area contributed by atoms with Crippen LogP contribution in [0.25, 0.3) is 0 Å². The molecule has 0 aliphatic heterocycles. The Balaban J connectivity index is 1.71. The van der Waals surface area contributed by atoms with Gasteiger partial charge >= 0.3 is 0 Å². The van der Waals surface area contributed by atoms with Crippen LogP contribution in [0.1, 0.15) is 23.0 Å². The van der Waals surface area contributed by atoms with Crippen molar-refractivity contribution in [3.8, 4) is 5.75 Å². The van der Waals surface area contributed by atoms with Crippen molar-refractivity contribution >= 4 is 27.4 Å². The number of nitrogens with one attached hydrogen (secondary N) is 2. The molecular weight excluding hydrogens is 392 g/mol. The molecule has 0 spiro atoms. The van der Waals surface area contributed by atoms with Crippen molar-refractivity contribution < 1.29 is 17.9 Å². The van der Waals surface area contributed by atoms with Crippen LogP contribution in [0.4, 0.5) is 11.5 Å². The molecular formula is C20H22N4O4S. The van der Waals surface area contributed by atoms with E-state index in [4.69, 9.17) is 4.74 Å². The fourth-order valence-corrected chi connectivity index (χ4v) is 3.76. The lowest BCUT2D eigenvalue weighted by Gasteiger charge is -2.10. The van der Waals surface area contributed by atoms with Gasteiger partial charge in [0.25, 0.3) is 15.9 Å². The number of carbonyl (C=O) groups excluding carboxylic acids is 1. The summed E-state index contributed by atoms with van der Waals surface area (Å²) >= 11 is 0. The number of hydrogen-bond acceptors (Lipinski definition) is 5. The standard InChI is InChI=1S/C20H22N4O4S/c1-4-28-17-9-7-16(8-10-17)23-29(26,27)18-11-5-15(6-12-18)20(25)21-19-13-14(2)22-24(19)3/h5-13,23H,4H2,1-3H3,(H,21,25). The first-order chi connectivity index (χ1) is 13.8. The molecule has 2 N–H and O–H groups in total. The number of sulfonamides is 1. The number of aromatic nitrogens is 2. The van der Waals surface area contributed by atoms with Crippen LogP contribution in [-0.4, -0.2) is 30.7 Å². The number of benzene rings is 2. The Morgan fingerprint density at radius 3 is 2.31 bits per heavy atom. The molecule has 0 saturated carbocycles. The van der Waals surface area contributed by atoms with Crippen LogP contribution in [-0.2, 0) is 17.1 Å². The first-order valence-corrected chi connectivity index (χ1v) is 10.4. The normalized spacial score (nSPS) is 11.1. The maximum atomic E-state index is 12.6. The molecule has 0 radical (unpaired) electrons. The highest BCUT2D eigenvalue weighted by molar-refractivity contribution is 7.92. The summed E-state index contributed by atoms with van der Waals surface area (Å²) in [5.74, 6) is 0.868. The molecule has 8 nitrogen and oxygen atoms in total. The molecule has 0 unspecified atom stereocenters. The predicted octanol–water partition coefficient (Wildman–Crippen LogP) is 3.18. The molecule has 152 valence electrons. The third kappa shape index (κ3) is 4.94. The first-order valence-electron chi connectivity index (χ1n) is 8.96. The Morgan fingerprint density at radius 2 is 1.76 bits per heavy atom. The van der Waals surface area contributed by atoms with E-state index in [0.717, 1.165) is 5.69 Å². The van der Waals surface area contributed by atoms with Crippen LogP contribution in [0.2, 0.25) is 0 Å². The van der Waals surface area contributed by atoms with Gasteiger partial charge in [-0.3, -0.25) is 14.2 Å². The number of hydrogen-bond donors (Lipinski definition) is 2. The Bertz CT molecular complexity index is 1100. The van der Waals surface area contributed by atoms with Crippen molar-refractivity contribution in [1.29, 1.82) is 0 Å². The summed E-state index contributed by atoms with van der Waals surface area (Å²) in [5, 5.41) is 6.91. The van der Waals surface area contributed by atoms with Gasteiger partial charge in [0.2, 0.25) is 0 Å². The van der Waals surface area contributed by atoms with Gasteiger partial charge in [0.15, 0.2) is 0 Å². The summed E-state index contributed by atoms with van der Waals surface area (Å²) in [6.45, 7) is 4.23. The lowest BCUT2D eigenvalue weighted by atomic mass is 10.2. The molecule has 1 heterocycles. The second kappa shape index (κ2) is 8.36. The molecule has 2 aromatic carbocycles. The molecule has 0 aliphatic carbocycles. The van der Waals surface area contributed by atoms with E-state index in [0.29, 0.717) is 29.4 Å². The van der Waals surface area contributed by atoms with Crippen LogP contribution in [0.5, 0.6) is 5.75 Å². The number of carbonyl (C=O) groups is 1. The van der Waals surface area contributed by atoms with Crippen molar-refractivity contribution in [1.82, 2.24) is 9.78 Å². The minimum absolute atomic E-state index is 0.0549. The number of nitrogens with zero attached hydrogens (tertiary/aromatic N) is 2. The molecule has 0 atom stereocenters. The second-order valence-corrected chi connectivity index (χ2v) is 8.02. The smallest absolute Gasteiger partial charge is 0.261 e. The molecule has 29 heavy (non-hydrogen) atoms. The minimum Gasteiger partial charge on any atom is -0.494 e. The molecule has 1 amide bonds. The number of anilines is 2. The van der Waals surface area contributed by atoms with E-state index in [1.54, 1.807) is 42.1 Å². The van der Waals surface area contributed by atoms with Gasteiger partial charge < -0.3 is 10.1 Å². The highest BCUT2D eigenvalue weighted by atomic mass is 32.2. The van der Waals surface area contributed by atoms with Crippen molar-refractivity contribution in [3.63, 3.8) is 0 Å². The van der Waals surface area contributed by atoms with Crippen LogP contribution in [0, 0.1) is 6.92 Å². The van der Waals surface area contributed by atoms with Gasteiger partial charge in [0.1, 0.15) is 11.6 Å². The van der Waals surface area contributed by atoms with Gasteiger partial charge in [-0.25, -0.2) is 8.42 Å². The van der Waals surface area contributed by atoms with Gasteiger partial charge in [-0.1, -0.05) is 0 Å². The van der Waals surface area contributed by atoms with Gasteiger partial charge in [0, 0.05) is 24.4 Å². The second-order valence-electron chi connectivity index (χ2n) is 6.34. The lowest BCUT2D eigenvalue weighted by molar-refractivity contribution is 0.102. The van der Waals surface area contributed by atoms with Crippen molar-refractivity contribution in [2.75, 3.05) is 16.6 Å². The Kier molecular flexibility index (Phi) is 5.88. The Morgan fingerprint density at radius 1 is 1.10 bits per heavy atom. The molecule has 0 saturated heterocycles. The zero-order valence-electron chi connectivity index (χ0n) is 16.3. The molecule has 0 bridgehead atoms. The average Bonchev–Trinajstić information content (AvgIpc) is 3.00. The van der Waals surface area contributed by atoms with Gasteiger partial charge in [0.05, 0.1) is 17.2 Å². The highest BCUT2D eigenvalue weighted by Gasteiger charge is 2.16. The molecule has 0 aliphatic rings. The number of rotatable bonds is 7. The summed E-state index contributed by atoms with van der Waals surface area (Å²) in [4.78, 5) is 12.4. The van der Waals surface area contributed by atoms with E-state index in [1.165, 1.54) is 24.3 Å². The van der Waals surface area contributed by atoms with E-state index in [2.05, 4.69) is 15.1 Å². The fraction of sp³-hybridized carbons (Fsp3) is 0.200. The maximum Gasteiger partial charge on any atom is 0.261 e. The Labute approximate surface area is 169 Å². The Hall–Kier alpha value is -3.33. The lowest BCUT2D eigenvalue weighted by Crippen LogP contribution is -2.16. The molecule has 3 rings (SSSR count). The molecule has 1 aromatic heterocycles. The van der Waals surface area contributed by atoms with E-state index >= 15 is 0 Å². The highest BCUT2D eigenvalue weighted by Crippen LogP contribution is 2.20. The molecule has 0 fully saturated rings. The summed E-state index contributed by atoms with van der Waals surface area (Å²) in [6.07, 6.45) is 0. The van der Waals surface area contributed by atoms with Crippen LogP contribution < -0.4 is 14.8 Å². The predicted molar refractivity (Wildman–Crippen MR) is 111 cm³/mol. The molecule has 3 aromatic rings. The van der Waals surface area contributed by atoms with Gasteiger partial charge in [-0.05, 0) is 62.4 Å². The zero-order valence-corrected chi connectivity index (χ0v) is 17.2. The van der Waals surface area contributed by atoms with E-state index in [9.17, 15) is 13.2 Å². The monoisotopic (exact) mass is 414 g/mol. The van der Waals surface area contributed by atoms with Crippen molar-refractivity contribution in [3.05, 3.63) is 65.9 Å². The van der Waals surface area contributed by atoms with Gasteiger partial charge in [-0.15, -0.1) is 0 Å². The molecule has 9 heteroatoms. The number of amides is 1. The van der Waals surface area contributed by atoms with E-state index < -0.39 is 10.0 Å².